The van der Waals surface area contributed by atoms with Crippen LogP contribution >= 0.6 is 23.4 Å². The number of nitrogens with one attached hydrogen (secondary N) is 1. The van der Waals surface area contributed by atoms with E-state index in [-0.39, 0.29) is 22.4 Å². The molecule has 0 saturated carbocycles. The number of rotatable bonds is 5. The van der Waals surface area contributed by atoms with Crippen LogP contribution in [0.5, 0.6) is 0 Å². The third-order valence-electron chi connectivity index (χ3n) is 3.53. The summed E-state index contributed by atoms with van der Waals surface area (Å²) in [5.41, 5.74) is 0.654. The van der Waals surface area contributed by atoms with Crippen LogP contribution in [0, 0.1) is 11.6 Å². The number of hydrogen-bond donors (Lipinski definition) is 1. The van der Waals surface area contributed by atoms with Crippen LogP contribution in [0.1, 0.15) is 6.92 Å². The molecule has 1 amide bonds. The van der Waals surface area contributed by atoms with Crippen molar-refractivity contribution in [1.82, 2.24) is 9.55 Å². The van der Waals surface area contributed by atoms with Gasteiger partial charge in [-0.25, -0.2) is 13.8 Å². The molecule has 1 atom stereocenters. The molecule has 0 aliphatic rings. The van der Waals surface area contributed by atoms with Gasteiger partial charge >= 0.3 is 0 Å². The van der Waals surface area contributed by atoms with Crippen molar-refractivity contribution in [2.24, 2.45) is 0 Å². The Kier molecular flexibility index (Phi) is 5.58. The molecule has 1 aromatic heterocycles. The maximum atomic E-state index is 13.8. The summed E-state index contributed by atoms with van der Waals surface area (Å²) in [6.45, 7) is 1.68. The highest BCUT2D eigenvalue weighted by molar-refractivity contribution is 8.00. The van der Waals surface area contributed by atoms with Crippen molar-refractivity contribution in [2.75, 3.05) is 5.32 Å². The van der Waals surface area contributed by atoms with Crippen LogP contribution in [-0.2, 0) is 4.79 Å². The number of benzene rings is 2. The first-order valence-corrected chi connectivity index (χ1v) is 8.91. The number of nitrogens with zero attached hydrogens (tertiary/aromatic N) is 2. The molecule has 0 aliphatic carbocycles. The summed E-state index contributed by atoms with van der Waals surface area (Å²) >= 11 is 6.89. The first-order valence-electron chi connectivity index (χ1n) is 7.66. The van der Waals surface area contributed by atoms with Gasteiger partial charge in [-0.3, -0.25) is 9.36 Å². The van der Waals surface area contributed by atoms with E-state index in [1.807, 2.05) is 0 Å². The zero-order valence-electron chi connectivity index (χ0n) is 13.6. The summed E-state index contributed by atoms with van der Waals surface area (Å²) in [6, 6.07) is 10.1. The lowest BCUT2D eigenvalue weighted by atomic mass is 10.3. The molecule has 26 heavy (non-hydrogen) atoms. The molecule has 4 nitrogen and oxygen atoms in total. The van der Waals surface area contributed by atoms with Crippen molar-refractivity contribution < 1.29 is 13.6 Å². The van der Waals surface area contributed by atoms with Gasteiger partial charge in [-0.2, -0.15) is 0 Å². The Hall–Kier alpha value is -2.38. The number of carbonyl (C=O) groups is 1. The van der Waals surface area contributed by atoms with E-state index in [1.54, 1.807) is 36.0 Å². The van der Waals surface area contributed by atoms with Crippen molar-refractivity contribution in [3.05, 3.63) is 71.5 Å². The summed E-state index contributed by atoms with van der Waals surface area (Å²) in [5.74, 6) is -1.36. The standard InChI is InChI=1S/C18H14ClF2N3OS/c1-11(17(25)23-16-6-5-12(19)9-15(16)21)26-18-22-7-8-24(18)14-4-2-3-13(20)10-14/h2-11H,1H3,(H,23,25). The number of hydrogen-bond acceptors (Lipinski definition) is 3. The topological polar surface area (TPSA) is 46.9 Å². The zero-order valence-corrected chi connectivity index (χ0v) is 15.2. The van der Waals surface area contributed by atoms with Gasteiger partial charge in [0.05, 0.1) is 16.6 Å². The normalized spacial score (nSPS) is 12.0. The van der Waals surface area contributed by atoms with Crippen molar-refractivity contribution in [1.29, 1.82) is 0 Å². The van der Waals surface area contributed by atoms with Gasteiger partial charge in [0.15, 0.2) is 5.16 Å². The summed E-state index contributed by atoms with van der Waals surface area (Å²) in [4.78, 5) is 16.6. The highest BCUT2D eigenvalue weighted by Crippen LogP contribution is 2.26. The highest BCUT2D eigenvalue weighted by Gasteiger charge is 2.19. The van der Waals surface area contributed by atoms with Gasteiger partial charge in [0.1, 0.15) is 11.6 Å². The highest BCUT2D eigenvalue weighted by atomic mass is 35.5. The van der Waals surface area contributed by atoms with Gasteiger partial charge in [0.2, 0.25) is 5.91 Å². The molecule has 3 rings (SSSR count). The quantitative estimate of drug-likeness (QED) is 0.625. The summed E-state index contributed by atoms with van der Waals surface area (Å²) in [7, 11) is 0. The fourth-order valence-electron chi connectivity index (χ4n) is 2.24. The molecule has 2 aromatic carbocycles. The Labute approximate surface area is 158 Å². The molecule has 0 saturated heterocycles. The van der Waals surface area contributed by atoms with Crippen LogP contribution in [-0.4, -0.2) is 20.7 Å². The Balaban J connectivity index is 1.73. The number of carbonyl (C=O) groups excluding carboxylic acids is 1. The molecule has 0 radical (unpaired) electrons. The Morgan fingerprint density at radius 2 is 2.08 bits per heavy atom. The number of anilines is 1. The number of aromatic nitrogens is 2. The Bertz CT molecular complexity index is 948. The lowest BCUT2D eigenvalue weighted by Crippen LogP contribution is -2.23. The van der Waals surface area contributed by atoms with Crippen LogP contribution in [0.3, 0.4) is 0 Å². The van der Waals surface area contributed by atoms with Crippen molar-refractivity contribution >= 4 is 35.0 Å². The molecule has 0 bridgehead atoms. The zero-order chi connectivity index (χ0) is 18.7. The van der Waals surface area contributed by atoms with E-state index >= 15 is 0 Å². The molecule has 0 aliphatic heterocycles. The minimum Gasteiger partial charge on any atom is -0.323 e. The fraction of sp³-hybridized carbons (Fsp3) is 0.111. The predicted molar refractivity (Wildman–Crippen MR) is 98.9 cm³/mol. The second-order valence-corrected chi connectivity index (χ2v) is 7.18. The summed E-state index contributed by atoms with van der Waals surface area (Å²) in [6.07, 6.45) is 3.25. The van der Waals surface area contributed by atoms with Crippen molar-refractivity contribution in [3.8, 4) is 5.69 Å². The fourth-order valence-corrected chi connectivity index (χ4v) is 3.28. The largest absolute Gasteiger partial charge is 0.323 e. The molecule has 1 N–H and O–H groups in total. The molecule has 3 aromatic rings. The number of halogens is 3. The maximum Gasteiger partial charge on any atom is 0.237 e. The van der Waals surface area contributed by atoms with Crippen LogP contribution in [0.2, 0.25) is 5.02 Å². The molecule has 1 unspecified atom stereocenters. The minimum absolute atomic E-state index is 0.0559. The number of amides is 1. The van der Waals surface area contributed by atoms with Crippen LogP contribution in [0.15, 0.2) is 60.0 Å². The number of thioether (sulfide) groups is 1. The van der Waals surface area contributed by atoms with E-state index in [2.05, 4.69) is 10.3 Å². The minimum atomic E-state index is -0.607. The monoisotopic (exact) mass is 393 g/mol. The Morgan fingerprint density at radius 1 is 1.27 bits per heavy atom. The molecule has 8 heteroatoms. The smallest absolute Gasteiger partial charge is 0.237 e. The van der Waals surface area contributed by atoms with Gasteiger partial charge in [-0.15, -0.1) is 0 Å². The number of imidazole rings is 1. The summed E-state index contributed by atoms with van der Waals surface area (Å²) < 4.78 is 28.9. The van der Waals surface area contributed by atoms with E-state index in [4.69, 9.17) is 11.6 Å². The van der Waals surface area contributed by atoms with Gasteiger partial charge < -0.3 is 5.32 Å². The first-order chi connectivity index (χ1) is 12.4. The average Bonchev–Trinajstić information content (AvgIpc) is 3.05. The maximum absolute atomic E-state index is 13.8. The lowest BCUT2D eigenvalue weighted by Gasteiger charge is -2.13. The van der Waals surface area contributed by atoms with Crippen LogP contribution in [0.25, 0.3) is 5.69 Å². The van der Waals surface area contributed by atoms with Gasteiger partial charge in [0.25, 0.3) is 0 Å². The van der Waals surface area contributed by atoms with E-state index in [0.717, 1.165) is 6.07 Å². The Morgan fingerprint density at radius 3 is 2.81 bits per heavy atom. The lowest BCUT2D eigenvalue weighted by molar-refractivity contribution is -0.115. The summed E-state index contributed by atoms with van der Waals surface area (Å²) in [5, 5.41) is 2.74. The third kappa shape index (κ3) is 4.23. The van der Waals surface area contributed by atoms with E-state index in [9.17, 15) is 13.6 Å². The van der Waals surface area contributed by atoms with E-state index in [0.29, 0.717) is 10.8 Å². The second-order valence-electron chi connectivity index (χ2n) is 5.43. The van der Waals surface area contributed by atoms with E-state index in [1.165, 1.54) is 36.0 Å². The van der Waals surface area contributed by atoms with Crippen molar-refractivity contribution in [2.45, 2.75) is 17.3 Å². The molecule has 0 spiro atoms. The second kappa shape index (κ2) is 7.88. The van der Waals surface area contributed by atoms with Gasteiger partial charge in [-0.05, 0) is 43.3 Å². The van der Waals surface area contributed by atoms with Crippen LogP contribution in [0.4, 0.5) is 14.5 Å². The van der Waals surface area contributed by atoms with Crippen LogP contribution < -0.4 is 5.32 Å². The SMILES string of the molecule is CC(Sc1nccn1-c1cccc(F)c1)C(=O)Nc1ccc(Cl)cc1F. The molecule has 1 heterocycles. The molecule has 0 fully saturated rings. The molecule has 134 valence electrons. The van der Waals surface area contributed by atoms with Crippen molar-refractivity contribution in [3.63, 3.8) is 0 Å². The molecular weight excluding hydrogens is 380 g/mol. The van der Waals surface area contributed by atoms with Gasteiger partial charge in [-0.1, -0.05) is 29.4 Å². The average molecular weight is 394 g/mol. The van der Waals surface area contributed by atoms with E-state index < -0.39 is 11.1 Å². The first kappa shape index (κ1) is 18.4. The predicted octanol–water partition coefficient (Wildman–Crippen LogP) is 4.92. The third-order valence-corrected chi connectivity index (χ3v) is 4.85. The van der Waals surface area contributed by atoms with Gasteiger partial charge in [0, 0.05) is 17.4 Å². The molecular formula is C18H14ClF2N3OS.